The molecule has 0 fully saturated rings. The minimum absolute atomic E-state index is 0.104. The number of phenols is 1. The number of nitrogens with one attached hydrogen (secondary N) is 1. The second-order valence-corrected chi connectivity index (χ2v) is 10.4. The van der Waals surface area contributed by atoms with Gasteiger partial charge < -0.3 is 19.5 Å². The van der Waals surface area contributed by atoms with E-state index in [1.54, 1.807) is 14.2 Å². The van der Waals surface area contributed by atoms with E-state index >= 15 is 0 Å². The molecule has 2 N–H and O–H groups in total. The molecule has 0 aliphatic rings. The van der Waals surface area contributed by atoms with Crippen LogP contribution in [0, 0.1) is 0 Å². The SMILES string of the molecule is COc1ccc(CC[NH+](C)Cc2cc(C(C)(C)C)c(O)c(C(C)(C)C)c2)cc1OC. The number of phenolic OH excluding ortho intramolecular Hbond substituents is 1. The summed E-state index contributed by atoms with van der Waals surface area (Å²) in [6.45, 7) is 14.9. The van der Waals surface area contributed by atoms with Crippen LogP contribution in [0.15, 0.2) is 30.3 Å². The third-order valence-electron chi connectivity index (χ3n) is 5.58. The molecule has 30 heavy (non-hydrogen) atoms. The molecular formula is C26H40NO3+. The minimum atomic E-state index is -0.104. The lowest BCUT2D eigenvalue weighted by atomic mass is 9.78. The fourth-order valence-corrected chi connectivity index (χ4v) is 3.77. The molecule has 0 aliphatic heterocycles. The first-order valence-corrected chi connectivity index (χ1v) is 10.8. The zero-order chi connectivity index (χ0) is 22.7. The van der Waals surface area contributed by atoms with Crippen LogP contribution in [0.3, 0.4) is 0 Å². The van der Waals surface area contributed by atoms with E-state index < -0.39 is 0 Å². The molecule has 0 aromatic heterocycles. The quantitative estimate of drug-likeness (QED) is 0.711. The highest BCUT2D eigenvalue weighted by Gasteiger charge is 2.27. The summed E-state index contributed by atoms with van der Waals surface area (Å²) in [5, 5.41) is 10.9. The van der Waals surface area contributed by atoms with Crippen molar-refractivity contribution in [3.63, 3.8) is 0 Å². The smallest absolute Gasteiger partial charge is 0.160 e. The first-order valence-electron chi connectivity index (χ1n) is 10.8. The van der Waals surface area contributed by atoms with E-state index in [9.17, 15) is 5.11 Å². The van der Waals surface area contributed by atoms with Gasteiger partial charge in [-0.25, -0.2) is 0 Å². The predicted molar refractivity (Wildman–Crippen MR) is 124 cm³/mol. The summed E-state index contributed by atoms with van der Waals surface area (Å²) in [7, 11) is 5.55. The van der Waals surface area contributed by atoms with Crippen molar-refractivity contribution < 1.29 is 19.5 Å². The monoisotopic (exact) mass is 414 g/mol. The third kappa shape index (κ3) is 5.91. The van der Waals surface area contributed by atoms with Crippen LogP contribution in [0.4, 0.5) is 0 Å². The van der Waals surface area contributed by atoms with Gasteiger partial charge in [0.1, 0.15) is 12.3 Å². The van der Waals surface area contributed by atoms with Crippen molar-refractivity contribution in [2.75, 3.05) is 27.8 Å². The van der Waals surface area contributed by atoms with Gasteiger partial charge in [0.2, 0.25) is 0 Å². The van der Waals surface area contributed by atoms with E-state index in [-0.39, 0.29) is 10.8 Å². The van der Waals surface area contributed by atoms with Crippen LogP contribution in [-0.4, -0.2) is 32.9 Å². The maximum Gasteiger partial charge on any atom is 0.160 e. The fraction of sp³-hybridized carbons (Fsp3) is 0.538. The molecule has 0 bridgehead atoms. The van der Waals surface area contributed by atoms with Crippen molar-refractivity contribution >= 4 is 0 Å². The lowest BCUT2D eigenvalue weighted by molar-refractivity contribution is -0.893. The molecule has 0 aliphatic carbocycles. The lowest BCUT2D eigenvalue weighted by Gasteiger charge is -2.28. The molecule has 4 nitrogen and oxygen atoms in total. The second kappa shape index (κ2) is 9.30. The number of likely N-dealkylation sites (N-methyl/N-ethyl adjacent to an activating group) is 1. The highest BCUT2D eigenvalue weighted by molar-refractivity contribution is 5.49. The zero-order valence-electron chi connectivity index (χ0n) is 20.3. The molecule has 1 atom stereocenters. The van der Waals surface area contributed by atoms with E-state index in [4.69, 9.17) is 9.47 Å². The Kier molecular flexibility index (Phi) is 7.46. The molecule has 2 aromatic rings. The van der Waals surface area contributed by atoms with Crippen molar-refractivity contribution in [1.29, 1.82) is 0 Å². The average Bonchev–Trinajstić information content (AvgIpc) is 2.65. The van der Waals surface area contributed by atoms with Gasteiger partial charge >= 0.3 is 0 Å². The topological polar surface area (TPSA) is 43.1 Å². The molecule has 2 aromatic carbocycles. The summed E-state index contributed by atoms with van der Waals surface area (Å²) < 4.78 is 10.8. The van der Waals surface area contributed by atoms with Crippen molar-refractivity contribution in [2.45, 2.75) is 65.3 Å². The summed E-state index contributed by atoms with van der Waals surface area (Å²) in [5.41, 5.74) is 4.35. The van der Waals surface area contributed by atoms with E-state index in [0.717, 1.165) is 42.1 Å². The van der Waals surface area contributed by atoms with E-state index in [1.165, 1.54) is 16.0 Å². The Morgan fingerprint density at radius 1 is 0.800 bits per heavy atom. The largest absolute Gasteiger partial charge is 0.507 e. The van der Waals surface area contributed by atoms with Crippen LogP contribution < -0.4 is 14.4 Å². The molecule has 2 rings (SSSR count). The number of methoxy groups -OCH3 is 2. The summed E-state index contributed by atoms with van der Waals surface area (Å²) >= 11 is 0. The van der Waals surface area contributed by atoms with Gasteiger partial charge in [0, 0.05) is 23.1 Å². The fourth-order valence-electron chi connectivity index (χ4n) is 3.77. The minimum Gasteiger partial charge on any atom is -0.507 e. The predicted octanol–water partition coefficient (Wildman–Crippen LogP) is 4.26. The Labute approximate surface area is 182 Å². The second-order valence-electron chi connectivity index (χ2n) is 10.4. The maximum absolute atomic E-state index is 10.9. The molecule has 0 saturated carbocycles. The molecule has 0 spiro atoms. The number of benzene rings is 2. The number of rotatable bonds is 7. The summed E-state index contributed by atoms with van der Waals surface area (Å²) in [6, 6.07) is 10.5. The number of hydrogen-bond acceptors (Lipinski definition) is 3. The summed E-state index contributed by atoms with van der Waals surface area (Å²) in [4.78, 5) is 1.43. The highest BCUT2D eigenvalue weighted by atomic mass is 16.5. The third-order valence-corrected chi connectivity index (χ3v) is 5.58. The van der Waals surface area contributed by atoms with Gasteiger partial charge in [-0.15, -0.1) is 0 Å². The van der Waals surface area contributed by atoms with Gasteiger partial charge in [-0.1, -0.05) is 47.6 Å². The van der Waals surface area contributed by atoms with Crippen molar-refractivity contribution in [3.8, 4) is 17.2 Å². The molecule has 0 radical (unpaired) electrons. The first-order chi connectivity index (χ1) is 13.9. The summed E-state index contributed by atoms with van der Waals surface area (Å²) in [6.07, 6.45) is 0.961. The number of aromatic hydroxyl groups is 1. The Bertz CT molecular complexity index is 825. The molecule has 4 heteroatoms. The molecule has 0 saturated heterocycles. The Balaban J connectivity index is 2.19. The van der Waals surface area contributed by atoms with Crippen LogP contribution in [0.25, 0.3) is 0 Å². The van der Waals surface area contributed by atoms with Gasteiger partial charge in [-0.05, 0) is 40.7 Å². The van der Waals surface area contributed by atoms with Crippen LogP contribution in [0.2, 0.25) is 0 Å². The van der Waals surface area contributed by atoms with Crippen molar-refractivity contribution in [1.82, 2.24) is 0 Å². The van der Waals surface area contributed by atoms with Crippen LogP contribution >= 0.6 is 0 Å². The molecule has 0 heterocycles. The Morgan fingerprint density at radius 2 is 1.33 bits per heavy atom. The summed E-state index contributed by atoms with van der Waals surface area (Å²) in [5.74, 6) is 1.98. The van der Waals surface area contributed by atoms with Crippen molar-refractivity contribution in [2.24, 2.45) is 0 Å². The lowest BCUT2D eigenvalue weighted by Crippen LogP contribution is -3.07. The van der Waals surface area contributed by atoms with Gasteiger partial charge in [0.25, 0.3) is 0 Å². The molecule has 1 unspecified atom stereocenters. The van der Waals surface area contributed by atoms with Crippen molar-refractivity contribution in [3.05, 3.63) is 52.6 Å². The molecule has 166 valence electrons. The number of quaternary nitrogens is 1. The first kappa shape index (κ1) is 24.1. The van der Waals surface area contributed by atoms with Gasteiger partial charge in [0.05, 0.1) is 27.8 Å². The number of ether oxygens (including phenoxy) is 2. The van der Waals surface area contributed by atoms with Crippen LogP contribution in [0.5, 0.6) is 17.2 Å². The highest BCUT2D eigenvalue weighted by Crippen LogP contribution is 2.39. The van der Waals surface area contributed by atoms with Crippen LogP contribution in [0.1, 0.15) is 63.8 Å². The standard InChI is InChI=1S/C26H39NO3/c1-25(2,3)20-14-19(15-21(24(20)28)26(4,5)6)17-27(7)13-12-18-10-11-22(29-8)23(16-18)30-9/h10-11,14-16,28H,12-13,17H2,1-9H3/p+1. The van der Waals surface area contributed by atoms with E-state index in [1.807, 2.05) is 6.07 Å². The van der Waals surface area contributed by atoms with Gasteiger partial charge in [-0.2, -0.15) is 0 Å². The number of hydrogen-bond donors (Lipinski definition) is 2. The maximum atomic E-state index is 10.9. The van der Waals surface area contributed by atoms with E-state index in [0.29, 0.717) is 5.75 Å². The zero-order valence-corrected chi connectivity index (χ0v) is 20.3. The van der Waals surface area contributed by atoms with Crippen LogP contribution in [-0.2, 0) is 23.8 Å². The normalized spacial score (nSPS) is 13.2. The average molecular weight is 415 g/mol. The Morgan fingerprint density at radius 3 is 1.80 bits per heavy atom. The van der Waals surface area contributed by atoms with Gasteiger partial charge in [-0.3, -0.25) is 0 Å². The molecule has 0 amide bonds. The molecular weight excluding hydrogens is 374 g/mol. The van der Waals surface area contributed by atoms with E-state index in [2.05, 4.69) is 72.9 Å². The Hall–Kier alpha value is -2.20. The van der Waals surface area contributed by atoms with Gasteiger partial charge in [0.15, 0.2) is 11.5 Å².